The molecule has 2 aromatic rings. The maximum atomic E-state index is 13.1. The van der Waals surface area contributed by atoms with Gasteiger partial charge >= 0.3 is 0 Å². The van der Waals surface area contributed by atoms with E-state index in [4.69, 9.17) is 16.0 Å². The zero-order chi connectivity index (χ0) is 13.8. The second kappa shape index (κ2) is 6.19. The average Bonchev–Trinajstić information content (AvgIpc) is 2.92. The molecule has 0 saturated carbocycles. The van der Waals surface area contributed by atoms with Gasteiger partial charge in [0.2, 0.25) is 0 Å². The summed E-state index contributed by atoms with van der Waals surface area (Å²) in [5.74, 6) is 0.0741. The predicted molar refractivity (Wildman–Crippen MR) is 71.5 cm³/mol. The smallest absolute Gasteiger partial charge is 0.141 e. The molecule has 0 aliphatic carbocycles. The Balaban J connectivity index is 1.93. The summed E-state index contributed by atoms with van der Waals surface area (Å²) in [6, 6.07) is 7.96. The summed E-state index contributed by atoms with van der Waals surface area (Å²) in [6.07, 6.45) is 0.801. The van der Waals surface area contributed by atoms with Crippen molar-refractivity contribution in [1.29, 1.82) is 0 Å². The maximum Gasteiger partial charge on any atom is 0.141 e. The Morgan fingerprint density at radius 1 is 1.42 bits per heavy atom. The number of furan rings is 1. The Morgan fingerprint density at radius 3 is 2.84 bits per heavy atom. The molecule has 0 fully saturated rings. The first kappa shape index (κ1) is 14.1. The van der Waals surface area contributed by atoms with Crippen molar-refractivity contribution in [2.75, 3.05) is 6.54 Å². The lowest BCUT2D eigenvalue weighted by Gasteiger charge is -2.16. The Hall–Kier alpha value is -1.36. The summed E-state index contributed by atoms with van der Waals surface area (Å²) in [5.41, 5.74) is 0.859. The van der Waals surface area contributed by atoms with Crippen LogP contribution in [0.25, 0.3) is 0 Å². The van der Waals surface area contributed by atoms with Crippen molar-refractivity contribution in [1.82, 2.24) is 5.32 Å². The zero-order valence-corrected chi connectivity index (χ0v) is 11.2. The molecule has 19 heavy (non-hydrogen) atoms. The van der Waals surface area contributed by atoms with Crippen molar-refractivity contribution in [3.05, 3.63) is 58.8 Å². The molecular formula is C14H15ClFNO2. The Bertz CT molecular complexity index is 530. The van der Waals surface area contributed by atoms with Crippen LogP contribution in [0, 0.1) is 5.82 Å². The molecule has 0 saturated heterocycles. The van der Waals surface area contributed by atoms with E-state index in [9.17, 15) is 9.50 Å². The van der Waals surface area contributed by atoms with Crippen molar-refractivity contribution in [3.63, 3.8) is 0 Å². The summed E-state index contributed by atoms with van der Waals surface area (Å²) in [4.78, 5) is 0. The lowest BCUT2D eigenvalue weighted by molar-refractivity contribution is 0.144. The maximum absolute atomic E-state index is 13.1. The standard InChI is InChI=1S/C14H15ClFNO2/c1-9(10-4-5-12(16)11(15)7-10)17-8-13(18)14-3-2-6-19-14/h2-7,9,13,17-18H,8H2,1H3. The van der Waals surface area contributed by atoms with Crippen molar-refractivity contribution >= 4 is 11.6 Å². The molecule has 2 atom stereocenters. The van der Waals surface area contributed by atoms with Gasteiger partial charge in [0.1, 0.15) is 17.7 Å². The van der Waals surface area contributed by atoms with Gasteiger partial charge in [-0.25, -0.2) is 4.39 Å². The third kappa shape index (κ3) is 3.56. The number of aliphatic hydroxyl groups excluding tert-OH is 1. The van der Waals surface area contributed by atoms with Crippen LogP contribution in [0.4, 0.5) is 4.39 Å². The van der Waals surface area contributed by atoms with Crippen molar-refractivity contribution in [2.45, 2.75) is 19.1 Å². The fraction of sp³-hybridized carbons (Fsp3) is 0.286. The Labute approximate surface area is 116 Å². The normalized spacial score (nSPS) is 14.3. The summed E-state index contributed by atoms with van der Waals surface area (Å²) in [5, 5.41) is 13.1. The molecular weight excluding hydrogens is 269 g/mol. The number of hydrogen-bond acceptors (Lipinski definition) is 3. The van der Waals surface area contributed by atoms with E-state index in [0.29, 0.717) is 12.3 Å². The van der Waals surface area contributed by atoms with Gasteiger partial charge in [-0.2, -0.15) is 0 Å². The highest BCUT2D eigenvalue weighted by molar-refractivity contribution is 6.30. The first-order chi connectivity index (χ1) is 9.08. The molecule has 0 amide bonds. The van der Waals surface area contributed by atoms with Crippen LogP contribution in [-0.2, 0) is 0 Å². The summed E-state index contributed by atoms with van der Waals surface area (Å²) in [7, 11) is 0. The van der Waals surface area contributed by atoms with Crippen LogP contribution in [0.5, 0.6) is 0 Å². The third-order valence-corrected chi connectivity index (χ3v) is 3.22. The first-order valence-corrected chi connectivity index (χ1v) is 6.35. The SMILES string of the molecule is CC(NCC(O)c1ccco1)c1ccc(F)c(Cl)c1. The molecule has 3 nitrogen and oxygen atoms in total. The van der Waals surface area contributed by atoms with Crippen LogP contribution < -0.4 is 5.32 Å². The van der Waals surface area contributed by atoms with Gasteiger partial charge in [0.05, 0.1) is 11.3 Å². The molecule has 2 unspecified atom stereocenters. The predicted octanol–water partition coefficient (Wildman–Crippen LogP) is 3.46. The third-order valence-electron chi connectivity index (χ3n) is 2.93. The van der Waals surface area contributed by atoms with Gasteiger partial charge in [0, 0.05) is 12.6 Å². The highest BCUT2D eigenvalue weighted by Gasteiger charge is 2.13. The second-order valence-corrected chi connectivity index (χ2v) is 4.74. The van der Waals surface area contributed by atoms with E-state index in [2.05, 4.69) is 5.32 Å². The van der Waals surface area contributed by atoms with Crippen LogP contribution >= 0.6 is 11.6 Å². The molecule has 102 valence electrons. The minimum atomic E-state index is -0.714. The molecule has 0 spiro atoms. The molecule has 1 heterocycles. The van der Waals surface area contributed by atoms with Crippen LogP contribution in [0.3, 0.4) is 0 Å². The van der Waals surface area contributed by atoms with Crippen molar-refractivity contribution in [2.24, 2.45) is 0 Å². The van der Waals surface area contributed by atoms with E-state index < -0.39 is 11.9 Å². The number of aliphatic hydroxyl groups is 1. The van der Waals surface area contributed by atoms with Gasteiger partial charge in [-0.3, -0.25) is 0 Å². The van der Waals surface area contributed by atoms with Gasteiger partial charge in [-0.15, -0.1) is 0 Å². The topological polar surface area (TPSA) is 45.4 Å². The van der Waals surface area contributed by atoms with Crippen LogP contribution in [-0.4, -0.2) is 11.7 Å². The highest BCUT2D eigenvalue weighted by Crippen LogP contribution is 2.21. The van der Waals surface area contributed by atoms with Gasteiger partial charge in [0.25, 0.3) is 0 Å². The molecule has 0 aliphatic rings. The minimum Gasteiger partial charge on any atom is -0.467 e. The minimum absolute atomic E-state index is 0.0530. The first-order valence-electron chi connectivity index (χ1n) is 5.97. The number of benzene rings is 1. The van der Waals surface area contributed by atoms with Gasteiger partial charge < -0.3 is 14.8 Å². The van der Waals surface area contributed by atoms with Crippen LogP contribution in [0.1, 0.15) is 30.4 Å². The summed E-state index contributed by atoms with van der Waals surface area (Å²) < 4.78 is 18.2. The van der Waals surface area contributed by atoms with Crippen LogP contribution in [0.2, 0.25) is 5.02 Å². The van der Waals surface area contributed by atoms with Crippen LogP contribution in [0.15, 0.2) is 41.0 Å². The van der Waals surface area contributed by atoms with E-state index in [0.717, 1.165) is 5.56 Å². The van der Waals surface area contributed by atoms with E-state index in [1.54, 1.807) is 24.3 Å². The molecule has 2 N–H and O–H groups in total. The summed E-state index contributed by atoms with van der Waals surface area (Å²) in [6.45, 7) is 2.25. The number of halogens is 2. The highest BCUT2D eigenvalue weighted by atomic mass is 35.5. The molecule has 0 radical (unpaired) electrons. The quantitative estimate of drug-likeness (QED) is 0.883. The molecule has 2 rings (SSSR count). The van der Waals surface area contributed by atoms with Crippen molar-refractivity contribution in [3.8, 4) is 0 Å². The van der Waals surface area contributed by atoms with Gasteiger partial charge in [-0.05, 0) is 36.8 Å². The average molecular weight is 284 g/mol. The number of rotatable bonds is 5. The fourth-order valence-corrected chi connectivity index (χ4v) is 1.96. The monoisotopic (exact) mass is 283 g/mol. The number of nitrogens with one attached hydrogen (secondary N) is 1. The van der Waals surface area contributed by atoms with Gasteiger partial charge in [-0.1, -0.05) is 17.7 Å². The van der Waals surface area contributed by atoms with E-state index in [-0.39, 0.29) is 11.1 Å². The number of hydrogen-bond donors (Lipinski definition) is 2. The lowest BCUT2D eigenvalue weighted by atomic mass is 10.1. The largest absolute Gasteiger partial charge is 0.467 e. The summed E-state index contributed by atoms with van der Waals surface area (Å²) >= 11 is 5.73. The molecule has 1 aromatic carbocycles. The van der Waals surface area contributed by atoms with E-state index in [1.165, 1.54) is 12.3 Å². The molecule has 5 heteroatoms. The second-order valence-electron chi connectivity index (χ2n) is 4.33. The molecule has 1 aromatic heterocycles. The molecule has 0 bridgehead atoms. The Kier molecular flexibility index (Phi) is 4.58. The van der Waals surface area contributed by atoms with Crippen molar-refractivity contribution < 1.29 is 13.9 Å². The Morgan fingerprint density at radius 2 is 2.21 bits per heavy atom. The van der Waals surface area contributed by atoms with E-state index in [1.807, 2.05) is 6.92 Å². The fourth-order valence-electron chi connectivity index (χ4n) is 1.77. The lowest BCUT2D eigenvalue weighted by Crippen LogP contribution is -2.24. The van der Waals surface area contributed by atoms with Gasteiger partial charge in [0.15, 0.2) is 0 Å². The zero-order valence-electron chi connectivity index (χ0n) is 10.4. The van der Waals surface area contributed by atoms with E-state index >= 15 is 0 Å². The molecule has 0 aliphatic heterocycles.